The zero-order valence-electron chi connectivity index (χ0n) is 17.8. The lowest BCUT2D eigenvalue weighted by molar-refractivity contribution is 0.0912. The highest BCUT2D eigenvalue weighted by Gasteiger charge is 2.24. The van der Waals surface area contributed by atoms with Gasteiger partial charge in [-0.2, -0.15) is 5.10 Å². The molecule has 1 atom stereocenters. The molecule has 32 heavy (non-hydrogen) atoms. The van der Waals surface area contributed by atoms with Gasteiger partial charge in [-0.1, -0.05) is 18.2 Å². The highest BCUT2D eigenvalue weighted by Crippen LogP contribution is 2.28. The van der Waals surface area contributed by atoms with E-state index in [9.17, 15) is 9.18 Å². The Balaban J connectivity index is 1.30. The van der Waals surface area contributed by atoms with E-state index in [-0.39, 0.29) is 17.5 Å². The third-order valence-corrected chi connectivity index (χ3v) is 6.27. The van der Waals surface area contributed by atoms with Crippen LogP contribution in [0, 0.1) is 11.7 Å². The molecule has 0 aliphatic carbocycles. The number of carbonyl (C=O) groups excluding carboxylic acids is 1. The number of piperidine rings is 1. The molecule has 2 aromatic heterocycles. The minimum Gasteiger partial charge on any atom is -0.299 e. The molecule has 5 rings (SSSR count). The van der Waals surface area contributed by atoms with Crippen LogP contribution in [0.3, 0.4) is 0 Å². The number of fused-ring (bicyclic) bond motifs is 1. The number of nitrogens with zero attached hydrogens (tertiary/aromatic N) is 3. The Morgan fingerprint density at radius 1 is 1.12 bits per heavy atom. The van der Waals surface area contributed by atoms with E-state index in [2.05, 4.69) is 20.1 Å². The zero-order chi connectivity index (χ0) is 21.9. The van der Waals surface area contributed by atoms with Gasteiger partial charge in [-0.25, -0.2) is 4.39 Å². The van der Waals surface area contributed by atoms with Gasteiger partial charge < -0.3 is 0 Å². The van der Waals surface area contributed by atoms with Gasteiger partial charge >= 0.3 is 0 Å². The van der Waals surface area contributed by atoms with Crippen molar-refractivity contribution >= 4 is 16.7 Å². The van der Waals surface area contributed by atoms with E-state index in [0.717, 1.165) is 48.1 Å². The van der Waals surface area contributed by atoms with E-state index < -0.39 is 0 Å². The number of halogens is 1. The van der Waals surface area contributed by atoms with E-state index in [1.807, 2.05) is 42.5 Å². The molecule has 1 unspecified atom stereocenters. The number of pyridine rings is 1. The fourth-order valence-electron chi connectivity index (χ4n) is 4.63. The number of carbonyl (C=O) groups is 1. The molecule has 5 nitrogen and oxygen atoms in total. The average molecular weight is 429 g/mol. The molecule has 1 saturated heterocycles. The molecule has 2 aromatic carbocycles. The molecule has 0 radical (unpaired) electrons. The minimum absolute atomic E-state index is 0.145. The maximum absolute atomic E-state index is 14.0. The predicted octanol–water partition coefficient (Wildman–Crippen LogP) is 5.25. The Kier molecular flexibility index (Phi) is 5.77. The van der Waals surface area contributed by atoms with Crippen LogP contribution in [-0.4, -0.2) is 39.0 Å². The summed E-state index contributed by atoms with van der Waals surface area (Å²) in [5.74, 6) is 0.262. The molecule has 1 N–H and O–H groups in total. The van der Waals surface area contributed by atoms with Gasteiger partial charge in [0.2, 0.25) is 0 Å². The molecule has 1 aliphatic rings. The predicted molar refractivity (Wildman–Crippen MR) is 123 cm³/mol. The summed E-state index contributed by atoms with van der Waals surface area (Å²) in [6, 6.07) is 16.5. The van der Waals surface area contributed by atoms with Gasteiger partial charge in [-0.3, -0.25) is 19.8 Å². The number of H-pyrrole nitrogens is 1. The fraction of sp³-hybridized carbons (Fsp3) is 0.269. The molecule has 1 fully saturated rings. The molecular formula is C26H25FN4O. The summed E-state index contributed by atoms with van der Waals surface area (Å²) in [7, 11) is 0. The standard InChI is InChI=1S/C26H25FN4O/c27-23-6-2-1-5-21(23)17-31-13-3-4-18(16-31)14-25(32)20-7-8-24-22(15-20)26(30-29-24)19-9-11-28-12-10-19/h1-2,5-12,15,18H,3-4,13-14,16-17H2,(H,29,30). The number of benzene rings is 2. The largest absolute Gasteiger partial charge is 0.299 e. The molecule has 0 spiro atoms. The van der Waals surface area contributed by atoms with Crippen LogP contribution in [0.2, 0.25) is 0 Å². The summed E-state index contributed by atoms with van der Waals surface area (Å²) in [6.45, 7) is 2.35. The molecule has 1 aliphatic heterocycles. The number of nitrogens with one attached hydrogen (secondary N) is 1. The first-order valence-electron chi connectivity index (χ1n) is 11.0. The van der Waals surface area contributed by atoms with E-state index in [4.69, 9.17) is 0 Å². The first kappa shape index (κ1) is 20.5. The highest BCUT2D eigenvalue weighted by molar-refractivity contribution is 6.02. The van der Waals surface area contributed by atoms with Crippen molar-refractivity contribution in [3.05, 3.63) is 83.9 Å². The number of hydrogen-bond donors (Lipinski definition) is 1. The maximum Gasteiger partial charge on any atom is 0.163 e. The van der Waals surface area contributed by atoms with Crippen molar-refractivity contribution in [3.63, 3.8) is 0 Å². The van der Waals surface area contributed by atoms with Crippen molar-refractivity contribution < 1.29 is 9.18 Å². The molecule has 6 heteroatoms. The summed E-state index contributed by atoms with van der Waals surface area (Å²) in [5.41, 5.74) is 4.12. The molecule has 162 valence electrons. The lowest BCUT2D eigenvalue weighted by Crippen LogP contribution is -2.36. The second-order valence-electron chi connectivity index (χ2n) is 8.53. The van der Waals surface area contributed by atoms with E-state index in [1.165, 1.54) is 6.07 Å². The van der Waals surface area contributed by atoms with Crippen molar-refractivity contribution in [3.8, 4) is 11.3 Å². The van der Waals surface area contributed by atoms with Crippen LogP contribution in [0.5, 0.6) is 0 Å². The van der Waals surface area contributed by atoms with E-state index in [1.54, 1.807) is 18.5 Å². The maximum atomic E-state index is 14.0. The SMILES string of the molecule is O=C(CC1CCCN(Cc2ccccc2F)C1)c1ccc2[nH]nc(-c3ccncc3)c2c1. The quantitative estimate of drug-likeness (QED) is 0.426. The van der Waals surface area contributed by atoms with Gasteiger partial charge in [-0.05, 0) is 61.7 Å². The third kappa shape index (κ3) is 4.32. The molecule has 4 aromatic rings. The van der Waals surface area contributed by atoms with Gasteiger partial charge in [0.05, 0.1) is 5.52 Å². The Hall–Kier alpha value is -3.38. The van der Waals surface area contributed by atoms with Crippen molar-refractivity contribution in [2.24, 2.45) is 5.92 Å². The van der Waals surface area contributed by atoms with Crippen LogP contribution >= 0.6 is 0 Å². The monoisotopic (exact) mass is 428 g/mol. The summed E-state index contributed by atoms with van der Waals surface area (Å²) < 4.78 is 14.0. The Morgan fingerprint density at radius 3 is 2.81 bits per heavy atom. The van der Waals surface area contributed by atoms with E-state index >= 15 is 0 Å². The van der Waals surface area contributed by atoms with Crippen LogP contribution in [-0.2, 0) is 6.54 Å². The second kappa shape index (κ2) is 9.01. The zero-order valence-corrected chi connectivity index (χ0v) is 17.8. The Morgan fingerprint density at radius 2 is 1.97 bits per heavy atom. The van der Waals surface area contributed by atoms with Crippen LogP contribution in [0.1, 0.15) is 35.2 Å². The van der Waals surface area contributed by atoms with Gasteiger partial charge in [0.25, 0.3) is 0 Å². The summed E-state index contributed by atoms with van der Waals surface area (Å²) in [6.07, 6.45) is 6.03. The Bertz CT molecular complexity index is 1240. The number of aromatic nitrogens is 3. The summed E-state index contributed by atoms with van der Waals surface area (Å²) in [4.78, 5) is 19.5. The lowest BCUT2D eigenvalue weighted by atomic mass is 9.90. The number of Topliss-reactive ketones (excluding diaryl/α,β-unsaturated/α-hetero) is 1. The number of ketones is 1. The molecule has 0 bridgehead atoms. The normalized spacial score (nSPS) is 17.0. The van der Waals surface area contributed by atoms with Gasteiger partial charge in [0.1, 0.15) is 11.5 Å². The molecule has 0 saturated carbocycles. The van der Waals surface area contributed by atoms with Gasteiger partial charge in [-0.15, -0.1) is 0 Å². The fourth-order valence-corrected chi connectivity index (χ4v) is 4.63. The highest BCUT2D eigenvalue weighted by atomic mass is 19.1. The van der Waals surface area contributed by atoms with Crippen LogP contribution in [0.15, 0.2) is 67.0 Å². The smallest absolute Gasteiger partial charge is 0.163 e. The topological polar surface area (TPSA) is 61.9 Å². The number of rotatable bonds is 6. The van der Waals surface area contributed by atoms with Gasteiger partial charge in [0, 0.05) is 54.0 Å². The minimum atomic E-state index is -0.163. The van der Waals surface area contributed by atoms with Gasteiger partial charge in [0.15, 0.2) is 5.78 Å². The van der Waals surface area contributed by atoms with Crippen molar-refractivity contribution in [1.82, 2.24) is 20.1 Å². The lowest BCUT2D eigenvalue weighted by Gasteiger charge is -2.32. The van der Waals surface area contributed by atoms with Crippen LogP contribution in [0.25, 0.3) is 22.2 Å². The third-order valence-electron chi connectivity index (χ3n) is 6.27. The number of hydrogen-bond acceptors (Lipinski definition) is 4. The van der Waals surface area contributed by atoms with Crippen molar-refractivity contribution in [1.29, 1.82) is 0 Å². The summed E-state index contributed by atoms with van der Waals surface area (Å²) >= 11 is 0. The first-order chi connectivity index (χ1) is 15.7. The Labute approximate surface area is 186 Å². The van der Waals surface area contributed by atoms with Crippen LogP contribution in [0.4, 0.5) is 4.39 Å². The molecular weight excluding hydrogens is 403 g/mol. The second-order valence-corrected chi connectivity index (χ2v) is 8.53. The average Bonchev–Trinajstić information content (AvgIpc) is 3.25. The number of aromatic amines is 1. The first-order valence-corrected chi connectivity index (χ1v) is 11.0. The molecule has 0 amide bonds. The molecule has 3 heterocycles. The summed E-state index contributed by atoms with van der Waals surface area (Å²) in [5, 5.41) is 8.42. The number of likely N-dealkylation sites (tertiary alicyclic amines) is 1. The van der Waals surface area contributed by atoms with Crippen molar-refractivity contribution in [2.75, 3.05) is 13.1 Å². The van der Waals surface area contributed by atoms with E-state index in [0.29, 0.717) is 24.1 Å². The van der Waals surface area contributed by atoms with Crippen LogP contribution < -0.4 is 0 Å². The van der Waals surface area contributed by atoms with Crippen molar-refractivity contribution in [2.45, 2.75) is 25.8 Å².